The van der Waals surface area contributed by atoms with Crippen molar-refractivity contribution in [2.45, 2.75) is 6.61 Å². The molecule has 2 aromatic carbocycles. The maximum absolute atomic E-state index is 13.1. The van der Waals surface area contributed by atoms with Gasteiger partial charge >= 0.3 is 5.97 Å². The number of halogens is 1. The van der Waals surface area contributed by atoms with Crippen molar-refractivity contribution in [3.8, 4) is 5.75 Å². The highest BCUT2D eigenvalue weighted by atomic mass is 19.1. The van der Waals surface area contributed by atoms with Gasteiger partial charge in [-0.05, 0) is 42.0 Å². The van der Waals surface area contributed by atoms with Crippen LogP contribution in [0.2, 0.25) is 0 Å². The van der Waals surface area contributed by atoms with Crippen molar-refractivity contribution in [1.82, 2.24) is 9.80 Å². The third kappa shape index (κ3) is 5.61. The minimum Gasteiger partial charge on any atom is -0.488 e. The van der Waals surface area contributed by atoms with Gasteiger partial charge in [-0.1, -0.05) is 24.3 Å². The lowest BCUT2D eigenvalue weighted by molar-refractivity contribution is -0.136. The average molecular weight is 466 g/mol. The monoisotopic (exact) mass is 466 g/mol. The number of benzene rings is 2. The summed E-state index contributed by atoms with van der Waals surface area (Å²) in [6.45, 7) is 1.11. The lowest BCUT2D eigenvalue weighted by Crippen LogP contribution is -2.51. The number of hydrogen-bond donors (Lipinski definition) is 0. The van der Waals surface area contributed by atoms with E-state index in [9.17, 15) is 18.8 Å². The number of amides is 2. The normalized spacial score (nSPS) is 13.4. The third-order valence-corrected chi connectivity index (χ3v) is 5.39. The van der Waals surface area contributed by atoms with Crippen LogP contribution < -0.4 is 4.74 Å². The molecule has 0 bridgehead atoms. The van der Waals surface area contributed by atoms with E-state index in [1.54, 1.807) is 58.3 Å². The van der Waals surface area contributed by atoms with E-state index in [0.717, 1.165) is 5.56 Å². The van der Waals surface area contributed by atoms with Crippen molar-refractivity contribution >= 4 is 17.8 Å². The van der Waals surface area contributed by atoms with Crippen LogP contribution in [-0.4, -0.2) is 60.4 Å². The largest absolute Gasteiger partial charge is 0.488 e. The molecule has 9 heteroatoms. The van der Waals surface area contributed by atoms with Gasteiger partial charge in [0.25, 0.3) is 11.8 Å². The summed E-state index contributed by atoms with van der Waals surface area (Å²) in [5.41, 5.74) is 0.927. The number of ether oxygens (including phenoxy) is 2. The van der Waals surface area contributed by atoms with Gasteiger partial charge in [0, 0.05) is 26.2 Å². The van der Waals surface area contributed by atoms with Gasteiger partial charge in [-0.2, -0.15) is 0 Å². The zero-order valence-electron chi connectivity index (χ0n) is 18.3. The van der Waals surface area contributed by atoms with Crippen molar-refractivity contribution in [3.63, 3.8) is 0 Å². The van der Waals surface area contributed by atoms with E-state index in [1.807, 2.05) is 0 Å². The van der Waals surface area contributed by atoms with Crippen molar-refractivity contribution < 1.29 is 32.7 Å². The van der Waals surface area contributed by atoms with E-state index in [0.29, 0.717) is 31.9 Å². The lowest BCUT2D eigenvalue weighted by atomic mass is 10.2. The molecule has 0 saturated carbocycles. The summed E-state index contributed by atoms with van der Waals surface area (Å²) in [5, 5.41) is 0. The standard InChI is InChI=1S/C25H23FN2O6/c26-19-9-7-18(8-10-19)16-33-21-5-2-1-4-20(21)25(31)34-17-23(29)27-11-13-28(14-12-27)24(30)22-6-3-15-32-22/h1-10,15H,11-14,16-17H2. The maximum atomic E-state index is 13.1. The number of carbonyl (C=O) groups is 3. The van der Waals surface area contributed by atoms with Crippen LogP contribution in [0.1, 0.15) is 26.5 Å². The molecule has 1 aliphatic heterocycles. The van der Waals surface area contributed by atoms with Gasteiger partial charge in [-0.3, -0.25) is 9.59 Å². The Morgan fingerprint density at radius 2 is 1.59 bits per heavy atom. The Morgan fingerprint density at radius 3 is 2.29 bits per heavy atom. The first kappa shape index (κ1) is 23.0. The first-order chi connectivity index (χ1) is 16.5. The second-order valence-electron chi connectivity index (χ2n) is 7.64. The van der Waals surface area contributed by atoms with Crippen LogP contribution in [0.3, 0.4) is 0 Å². The van der Waals surface area contributed by atoms with Crippen LogP contribution in [0.15, 0.2) is 71.3 Å². The zero-order valence-corrected chi connectivity index (χ0v) is 18.3. The predicted octanol–water partition coefficient (Wildman–Crippen LogP) is 3.14. The van der Waals surface area contributed by atoms with Gasteiger partial charge in [-0.15, -0.1) is 0 Å². The van der Waals surface area contributed by atoms with E-state index in [2.05, 4.69) is 0 Å². The first-order valence-corrected chi connectivity index (χ1v) is 10.8. The number of para-hydroxylation sites is 1. The molecule has 1 fully saturated rings. The zero-order chi connectivity index (χ0) is 23.9. The highest BCUT2D eigenvalue weighted by Gasteiger charge is 2.27. The van der Waals surface area contributed by atoms with E-state index >= 15 is 0 Å². The molecule has 8 nitrogen and oxygen atoms in total. The van der Waals surface area contributed by atoms with E-state index < -0.39 is 12.6 Å². The van der Waals surface area contributed by atoms with Gasteiger partial charge in [0.2, 0.25) is 0 Å². The summed E-state index contributed by atoms with van der Waals surface area (Å²) < 4.78 is 29.1. The van der Waals surface area contributed by atoms with Crippen molar-refractivity contribution in [3.05, 3.63) is 89.6 Å². The summed E-state index contributed by atoms with van der Waals surface area (Å²) in [6, 6.07) is 15.6. The van der Waals surface area contributed by atoms with Gasteiger partial charge in [-0.25, -0.2) is 9.18 Å². The van der Waals surface area contributed by atoms with Crippen LogP contribution in [0, 0.1) is 5.82 Å². The average Bonchev–Trinajstić information content (AvgIpc) is 3.42. The van der Waals surface area contributed by atoms with E-state index in [-0.39, 0.29) is 35.6 Å². The lowest BCUT2D eigenvalue weighted by Gasteiger charge is -2.34. The third-order valence-electron chi connectivity index (χ3n) is 5.39. The maximum Gasteiger partial charge on any atom is 0.342 e. The quantitative estimate of drug-likeness (QED) is 0.497. The van der Waals surface area contributed by atoms with Crippen LogP contribution in [0.25, 0.3) is 0 Å². The summed E-state index contributed by atoms with van der Waals surface area (Å²) >= 11 is 0. The van der Waals surface area contributed by atoms with Crippen molar-refractivity contribution in [2.24, 2.45) is 0 Å². The molecule has 1 saturated heterocycles. The van der Waals surface area contributed by atoms with Gasteiger partial charge in [0.05, 0.1) is 6.26 Å². The Morgan fingerprint density at radius 1 is 0.882 bits per heavy atom. The molecule has 0 atom stereocenters. The highest BCUT2D eigenvalue weighted by Crippen LogP contribution is 2.21. The second-order valence-corrected chi connectivity index (χ2v) is 7.64. The summed E-state index contributed by atoms with van der Waals surface area (Å²) in [6.07, 6.45) is 1.44. The predicted molar refractivity (Wildman–Crippen MR) is 119 cm³/mol. The topological polar surface area (TPSA) is 89.3 Å². The highest BCUT2D eigenvalue weighted by molar-refractivity contribution is 5.94. The fourth-order valence-electron chi connectivity index (χ4n) is 3.51. The number of nitrogens with zero attached hydrogens (tertiary/aromatic N) is 2. The minimum atomic E-state index is -0.685. The number of carbonyl (C=O) groups excluding carboxylic acids is 3. The molecule has 4 rings (SSSR count). The molecule has 0 aliphatic carbocycles. The molecule has 2 amide bonds. The fourth-order valence-corrected chi connectivity index (χ4v) is 3.51. The van der Waals surface area contributed by atoms with Crippen molar-refractivity contribution in [1.29, 1.82) is 0 Å². The number of esters is 1. The SMILES string of the molecule is O=C(OCC(=O)N1CCN(C(=O)c2ccco2)CC1)c1ccccc1OCc1ccc(F)cc1. The van der Waals surface area contributed by atoms with Gasteiger partial charge < -0.3 is 23.7 Å². The second kappa shape index (κ2) is 10.7. The molecule has 34 heavy (non-hydrogen) atoms. The molecular formula is C25H23FN2O6. The molecule has 1 aromatic heterocycles. The molecule has 0 N–H and O–H groups in total. The van der Waals surface area contributed by atoms with E-state index in [4.69, 9.17) is 13.9 Å². The molecule has 176 valence electrons. The number of piperazine rings is 1. The molecule has 1 aliphatic rings. The molecule has 0 radical (unpaired) electrons. The van der Waals surface area contributed by atoms with Crippen LogP contribution in [0.5, 0.6) is 5.75 Å². The molecule has 2 heterocycles. The number of rotatable bonds is 7. The smallest absolute Gasteiger partial charge is 0.342 e. The van der Waals surface area contributed by atoms with Crippen molar-refractivity contribution in [2.75, 3.05) is 32.8 Å². The van der Waals surface area contributed by atoms with Gasteiger partial charge in [0.1, 0.15) is 23.7 Å². The number of furan rings is 1. The Hall–Kier alpha value is -4.14. The molecule has 0 unspecified atom stereocenters. The van der Waals surface area contributed by atoms with E-state index in [1.165, 1.54) is 18.4 Å². The molecular weight excluding hydrogens is 443 g/mol. The fraction of sp³-hybridized carbons (Fsp3) is 0.240. The van der Waals surface area contributed by atoms with Crippen LogP contribution >= 0.6 is 0 Å². The summed E-state index contributed by atoms with van der Waals surface area (Å²) in [5.74, 6) is -1.04. The Labute approximate surface area is 195 Å². The first-order valence-electron chi connectivity index (χ1n) is 10.8. The Kier molecular flexibility index (Phi) is 7.22. The number of hydrogen-bond acceptors (Lipinski definition) is 6. The Balaban J connectivity index is 1.27. The summed E-state index contributed by atoms with van der Waals surface area (Å²) in [4.78, 5) is 40.6. The molecule has 3 aromatic rings. The van der Waals surface area contributed by atoms with Crippen LogP contribution in [0.4, 0.5) is 4.39 Å². The van der Waals surface area contributed by atoms with Crippen LogP contribution in [-0.2, 0) is 16.1 Å². The minimum absolute atomic E-state index is 0.143. The summed E-state index contributed by atoms with van der Waals surface area (Å²) in [7, 11) is 0. The van der Waals surface area contributed by atoms with Gasteiger partial charge in [0.15, 0.2) is 12.4 Å². The Bertz CT molecular complexity index is 1140. The molecule has 0 spiro atoms.